The van der Waals surface area contributed by atoms with Gasteiger partial charge >= 0.3 is 0 Å². The van der Waals surface area contributed by atoms with Crippen molar-refractivity contribution in [1.29, 1.82) is 0 Å². The van der Waals surface area contributed by atoms with Gasteiger partial charge in [-0.2, -0.15) is 0 Å². The Kier molecular flexibility index (Phi) is 5.85. The van der Waals surface area contributed by atoms with E-state index in [2.05, 4.69) is 16.7 Å². The summed E-state index contributed by atoms with van der Waals surface area (Å²) < 4.78 is 25.3. The molecule has 1 aliphatic rings. The third-order valence-corrected chi connectivity index (χ3v) is 6.03. The third-order valence-electron chi connectivity index (χ3n) is 4.34. The lowest BCUT2D eigenvalue weighted by Crippen LogP contribution is -2.30. The van der Waals surface area contributed by atoms with Gasteiger partial charge in [-0.3, -0.25) is 4.79 Å². The fraction of sp³-hybridized carbons (Fsp3) is 0.250. The van der Waals surface area contributed by atoms with Gasteiger partial charge in [-0.15, -0.1) is 0 Å². The summed E-state index contributed by atoms with van der Waals surface area (Å²) in [5.41, 5.74) is 2.10. The van der Waals surface area contributed by atoms with Crippen molar-refractivity contribution in [2.24, 2.45) is 0 Å². The minimum absolute atomic E-state index is 0.201. The molecule has 0 saturated carbocycles. The van der Waals surface area contributed by atoms with E-state index in [4.69, 9.17) is 0 Å². The summed E-state index contributed by atoms with van der Waals surface area (Å²) >= 11 is 0. The maximum atomic E-state index is 12.6. The molecule has 5 nitrogen and oxygen atoms in total. The van der Waals surface area contributed by atoms with Crippen molar-refractivity contribution in [2.45, 2.75) is 17.1 Å². The molecule has 0 aliphatic carbocycles. The standard InChI is InChI=1S/C20H22N2O3S/c23-20(22-14-16-10-12-21-13-11-16)19-9-5-4-6-17(19)15-26(24,25)18-7-2-1-3-8-18/h1-10,21H,11-15H2,(H,22,23). The van der Waals surface area contributed by atoms with E-state index in [0.29, 0.717) is 17.7 Å². The molecule has 0 bridgehead atoms. The molecule has 0 spiro atoms. The van der Waals surface area contributed by atoms with Crippen LogP contribution < -0.4 is 10.6 Å². The number of amides is 1. The Labute approximate surface area is 154 Å². The Morgan fingerprint density at radius 1 is 1.04 bits per heavy atom. The predicted octanol–water partition coefficient (Wildman–Crippen LogP) is 2.31. The summed E-state index contributed by atoms with van der Waals surface area (Å²) in [7, 11) is -3.50. The maximum absolute atomic E-state index is 12.6. The molecule has 1 amide bonds. The molecule has 136 valence electrons. The van der Waals surface area contributed by atoms with Crippen molar-refractivity contribution >= 4 is 15.7 Å². The Hall–Kier alpha value is -2.44. The molecule has 0 atom stereocenters. The number of hydrogen-bond acceptors (Lipinski definition) is 4. The Balaban J connectivity index is 1.75. The average molecular weight is 370 g/mol. The van der Waals surface area contributed by atoms with E-state index in [1.165, 1.54) is 5.57 Å². The highest BCUT2D eigenvalue weighted by atomic mass is 32.2. The number of hydrogen-bond donors (Lipinski definition) is 2. The number of sulfone groups is 1. The minimum atomic E-state index is -3.50. The first kappa shape index (κ1) is 18.4. The molecule has 2 N–H and O–H groups in total. The summed E-state index contributed by atoms with van der Waals surface area (Å²) in [4.78, 5) is 12.8. The van der Waals surface area contributed by atoms with Crippen molar-refractivity contribution in [3.05, 3.63) is 77.4 Å². The van der Waals surface area contributed by atoms with Gasteiger partial charge < -0.3 is 10.6 Å². The van der Waals surface area contributed by atoms with Crippen molar-refractivity contribution < 1.29 is 13.2 Å². The largest absolute Gasteiger partial charge is 0.348 e. The van der Waals surface area contributed by atoms with E-state index in [0.717, 1.165) is 19.5 Å². The van der Waals surface area contributed by atoms with Crippen molar-refractivity contribution in [2.75, 3.05) is 19.6 Å². The molecule has 0 saturated heterocycles. The highest BCUT2D eigenvalue weighted by Gasteiger charge is 2.19. The molecule has 0 fully saturated rings. The van der Waals surface area contributed by atoms with E-state index in [9.17, 15) is 13.2 Å². The second-order valence-corrected chi connectivity index (χ2v) is 8.22. The lowest BCUT2D eigenvalue weighted by atomic mass is 10.1. The van der Waals surface area contributed by atoms with Gasteiger partial charge in [0, 0.05) is 18.7 Å². The first-order valence-electron chi connectivity index (χ1n) is 8.59. The summed E-state index contributed by atoms with van der Waals surface area (Å²) in [6.45, 7) is 2.21. The highest BCUT2D eigenvalue weighted by Crippen LogP contribution is 2.19. The van der Waals surface area contributed by atoms with E-state index in [-0.39, 0.29) is 16.6 Å². The van der Waals surface area contributed by atoms with Crippen LogP contribution in [0.4, 0.5) is 0 Å². The van der Waals surface area contributed by atoms with Crippen LogP contribution in [0, 0.1) is 0 Å². The number of rotatable bonds is 6. The fourth-order valence-corrected chi connectivity index (χ4v) is 4.30. The summed E-state index contributed by atoms with van der Waals surface area (Å²) in [6, 6.07) is 15.2. The number of carbonyl (C=O) groups excluding carboxylic acids is 1. The third kappa shape index (κ3) is 4.59. The fourth-order valence-electron chi connectivity index (χ4n) is 2.90. The Morgan fingerprint density at radius 3 is 2.50 bits per heavy atom. The lowest BCUT2D eigenvalue weighted by molar-refractivity contribution is 0.0956. The molecule has 2 aromatic rings. The van der Waals surface area contributed by atoms with Gasteiger partial charge in [-0.1, -0.05) is 48.0 Å². The molecule has 2 aromatic carbocycles. The molecular formula is C20H22N2O3S. The maximum Gasteiger partial charge on any atom is 0.251 e. The monoisotopic (exact) mass is 370 g/mol. The molecule has 0 radical (unpaired) electrons. The first-order chi connectivity index (χ1) is 12.6. The Bertz CT molecular complexity index is 906. The van der Waals surface area contributed by atoms with Gasteiger partial charge in [0.2, 0.25) is 0 Å². The molecular weight excluding hydrogens is 348 g/mol. The van der Waals surface area contributed by atoms with Crippen LogP contribution in [0.5, 0.6) is 0 Å². The molecule has 6 heteroatoms. The molecule has 1 heterocycles. The highest BCUT2D eigenvalue weighted by molar-refractivity contribution is 7.90. The van der Waals surface area contributed by atoms with E-state index in [1.54, 1.807) is 54.6 Å². The van der Waals surface area contributed by atoms with Gasteiger partial charge in [0.25, 0.3) is 5.91 Å². The second-order valence-electron chi connectivity index (χ2n) is 6.23. The number of benzene rings is 2. The van der Waals surface area contributed by atoms with E-state index >= 15 is 0 Å². The van der Waals surface area contributed by atoms with Crippen LogP contribution in [0.15, 0.2) is 71.1 Å². The van der Waals surface area contributed by atoms with Gasteiger partial charge in [0.05, 0.1) is 10.6 Å². The lowest BCUT2D eigenvalue weighted by Gasteiger charge is -2.15. The normalized spacial score (nSPS) is 14.5. The SMILES string of the molecule is O=C(NCC1=CCNCC1)c1ccccc1CS(=O)(=O)c1ccccc1. The summed E-state index contributed by atoms with van der Waals surface area (Å²) in [6.07, 6.45) is 2.99. The van der Waals surface area contributed by atoms with E-state index in [1.807, 2.05) is 0 Å². The zero-order valence-electron chi connectivity index (χ0n) is 14.4. The Morgan fingerprint density at radius 2 is 1.77 bits per heavy atom. The topological polar surface area (TPSA) is 75.3 Å². The minimum Gasteiger partial charge on any atom is -0.348 e. The van der Waals surface area contributed by atoms with Crippen LogP contribution in [-0.2, 0) is 15.6 Å². The van der Waals surface area contributed by atoms with Crippen LogP contribution in [0.2, 0.25) is 0 Å². The van der Waals surface area contributed by atoms with Crippen molar-refractivity contribution in [3.63, 3.8) is 0 Å². The molecule has 0 aromatic heterocycles. The molecule has 26 heavy (non-hydrogen) atoms. The van der Waals surface area contributed by atoms with Gasteiger partial charge in [-0.05, 0) is 36.7 Å². The van der Waals surface area contributed by atoms with Gasteiger partial charge in [0.1, 0.15) is 0 Å². The van der Waals surface area contributed by atoms with Crippen LogP contribution >= 0.6 is 0 Å². The molecule has 3 rings (SSSR count). The zero-order valence-corrected chi connectivity index (χ0v) is 15.3. The van der Waals surface area contributed by atoms with Crippen LogP contribution in [0.1, 0.15) is 22.3 Å². The van der Waals surface area contributed by atoms with E-state index < -0.39 is 9.84 Å². The average Bonchev–Trinajstić information content (AvgIpc) is 2.68. The number of carbonyl (C=O) groups is 1. The zero-order chi connectivity index (χ0) is 18.4. The van der Waals surface area contributed by atoms with Gasteiger partial charge in [0.15, 0.2) is 9.84 Å². The summed E-state index contributed by atoms with van der Waals surface area (Å²) in [5, 5.41) is 6.13. The number of nitrogens with one attached hydrogen (secondary N) is 2. The molecule has 1 aliphatic heterocycles. The predicted molar refractivity (Wildman–Crippen MR) is 102 cm³/mol. The van der Waals surface area contributed by atoms with Crippen LogP contribution in [-0.4, -0.2) is 34.0 Å². The van der Waals surface area contributed by atoms with Gasteiger partial charge in [-0.25, -0.2) is 8.42 Å². The smallest absolute Gasteiger partial charge is 0.251 e. The quantitative estimate of drug-likeness (QED) is 0.765. The van der Waals surface area contributed by atoms with Crippen LogP contribution in [0.3, 0.4) is 0 Å². The molecule has 0 unspecified atom stereocenters. The first-order valence-corrected chi connectivity index (χ1v) is 10.2. The van der Waals surface area contributed by atoms with Crippen molar-refractivity contribution in [3.8, 4) is 0 Å². The van der Waals surface area contributed by atoms with Crippen molar-refractivity contribution in [1.82, 2.24) is 10.6 Å². The second kappa shape index (κ2) is 8.29. The van der Waals surface area contributed by atoms with Crippen LogP contribution in [0.25, 0.3) is 0 Å². The summed E-state index contributed by atoms with van der Waals surface area (Å²) in [5.74, 6) is -0.448.